The minimum absolute atomic E-state index is 0.0262. The van der Waals surface area contributed by atoms with Crippen LogP contribution in [0.25, 0.3) is 11.1 Å². The van der Waals surface area contributed by atoms with E-state index in [0.717, 1.165) is 11.1 Å². The molecule has 0 spiro atoms. The summed E-state index contributed by atoms with van der Waals surface area (Å²) in [6.07, 6.45) is 0. The number of hydrogen-bond donors (Lipinski definition) is 0. The Labute approximate surface area is 179 Å². The Kier molecular flexibility index (Phi) is 6.91. The van der Waals surface area contributed by atoms with Crippen LogP contribution in [0.15, 0.2) is 48.5 Å². The molecule has 0 unspecified atom stereocenters. The summed E-state index contributed by atoms with van der Waals surface area (Å²) in [4.78, 5) is 25.5. The highest BCUT2D eigenvalue weighted by Crippen LogP contribution is 2.32. The molecule has 2 rings (SSSR count). The summed E-state index contributed by atoms with van der Waals surface area (Å²) < 4.78 is 10.1. The quantitative estimate of drug-likeness (QED) is 0.379. The van der Waals surface area contributed by atoms with Gasteiger partial charge in [-0.1, -0.05) is 90.1 Å². The van der Waals surface area contributed by atoms with Gasteiger partial charge < -0.3 is 9.47 Å². The van der Waals surface area contributed by atoms with Crippen LogP contribution in [0.2, 0.25) is 0 Å². The maximum Gasteiger partial charge on any atom is 0.339 e. The maximum atomic E-state index is 12.8. The highest BCUT2D eigenvalue weighted by molar-refractivity contribution is 6.37. The monoisotopic (exact) mass is 408 g/mol. The van der Waals surface area contributed by atoms with E-state index in [1.54, 1.807) is 0 Å². The molecule has 4 nitrogen and oxygen atoms in total. The van der Waals surface area contributed by atoms with Crippen molar-refractivity contribution in [3.8, 4) is 0 Å². The third-order valence-electron chi connectivity index (χ3n) is 5.11. The van der Waals surface area contributed by atoms with Gasteiger partial charge in [-0.3, -0.25) is 0 Å². The summed E-state index contributed by atoms with van der Waals surface area (Å²) in [7, 11) is 2.62. The largest absolute Gasteiger partial charge is 0.465 e. The number of ether oxygens (including phenoxy) is 2. The fourth-order valence-electron chi connectivity index (χ4n) is 3.21. The number of carbonyl (C=O) groups is 2. The molecule has 0 aliphatic rings. The van der Waals surface area contributed by atoms with Crippen molar-refractivity contribution in [2.45, 2.75) is 52.4 Å². The third kappa shape index (κ3) is 5.18. The normalized spacial score (nSPS) is 12.8. The Hall–Kier alpha value is -2.88. The van der Waals surface area contributed by atoms with Crippen LogP contribution in [0, 0.1) is 0 Å². The molecule has 0 aliphatic heterocycles. The first-order valence-corrected chi connectivity index (χ1v) is 10.0. The average molecular weight is 409 g/mol. The smallest absolute Gasteiger partial charge is 0.339 e. The van der Waals surface area contributed by atoms with Crippen LogP contribution >= 0.6 is 0 Å². The molecule has 160 valence electrons. The van der Waals surface area contributed by atoms with E-state index >= 15 is 0 Å². The first kappa shape index (κ1) is 23.4. The molecule has 2 aromatic carbocycles. The highest BCUT2D eigenvalue weighted by Gasteiger charge is 2.26. The summed E-state index contributed by atoms with van der Waals surface area (Å²) >= 11 is 0. The summed E-state index contributed by atoms with van der Waals surface area (Å²) in [5.74, 6) is -1.17. The van der Waals surface area contributed by atoms with E-state index < -0.39 is 11.9 Å². The average Bonchev–Trinajstić information content (AvgIpc) is 2.69. The predicted molar refractivity (Wildman–Crippen MR) is 121 cm³/mol. The molecule has 0 amide bonds. The van der Waals surface area contributed by atoms with Gasteiger partial charge >= 0.3 is 11.9 Å². The molecule has 0 radical (unpaired) electrons. The molecule has 0 heterocycles. The minimum Gasteiger partial charge on any atom is -0.465 e. The van der Waals surface area contributed by atoms with E-state index in [0.29, 0.717) is 11.1 Å². The second kappa shape index (κ2) is 8.86. The van der Waals surface area contributed by atoms with Gasteiger partial charge in [-0.05, 0) is 33.1 Å². The predicted octanol–water partition coefficient (Wildman–Crippen LogP) is 5.54. The minimum atomic E-state index is -0.584. The molecule has 0 saturated heterocycles. The van der Waals surface area contributed by atoms with Crippen molar-refractivity contribution in [2.24, 2.45) is 0 Å². The van der Waals surface area contributed by atoms with Crippen molar-refractivity contribution in [2.75, 3.05) is 14.2 Å². The molecular formula is C26H32O4. The molecule has 0 atom stereocenters. The van der Waals surface area contributed by atoms with Gasteiger partial charge in [0, 0.05) is 0 Å². The van der Waals surface area contributed by atoms with Crippen LogP contribution < -0.4 is 0 Å². The Morgan fingerprint density at radius 3 is 1.03 bits per heavy atom. The molecule has 0 bridgehead atoms. The number of benzene rings is 2. The van der Waals surface area contributed by atoms with Gasteiger partial charge in [-0.2, -0.15) is 0 Å². The summed E-state index contributed by atoms with van der Waals surface area (Å²) in [6, 6.07) is 15.3. The Morgan fingerprint density at radius 1 is 0.567 bits per heavy atom. The number of rotatable bonds is 4. The van der Waals surface area contributed by atoms with E-state index in [2.05, 4.69) is 41.5 Å². The molecular weight excluding hydrogens is 376 g/mol. The lowest BCUT2D eigenvalue weighted by Crippen LogP contribution is -2.15. The van der Waals surface area contributed by atoms with Gasteiger partial charge in [0.25, 0.3) is 0 Å². The molecule has 0 aromatic heterocycles. The van der Waals surface area contributed by atoms with Gasteiger partial charge in [-0.15, -0.1) is 0 Å². The van der Waals surface area contributed by atoms with Gasteiger partial charge in [0.15, 0.2) is 0 Å². The first-order chi connectivity index (χ1) is 13.9. The van der Waals surface area contributed by atoms with Crippen LogP contribution in [0.3, 0.4) is 0 Å². The third-order valence-corrected chi connectivity index (χ3v) is 5.11. The fraction of sp³-hybridized carbons (Fsp3) is 0.385. The van der Waals surface area contributed by atoms with E-state index in [4.69, 9.17) is 9.47 Å². The first-order valence-electron chi connectivity index (χ1n) is 10.0. The lowest BCUT2D eigenvalue weighted by Gasteiger charge is -2.21. The van der Waals surface area contributed by atoms with E-state index in [-0.39, 0.29) is 22.0 Å². The molecule has 0 saturated carbocycles. The second-order valence-corrected chi connectivity index (χ2v) is 9.39. The molecule has 2 aromatic rings. The highest BCUT2D eigenvalue weighted by atomic mass is 16.5. The van der Waals surface area contributed by atoms with E-state index in [9.17, 15) is 9.59 Å². The van der Waals surface area contributed by atoms with Gasteiger partial charge in [0.2, 0.25) is 0 Å². The second-order valence-electron chi connectivity index (χ2n) is 9.39. The van der Waals surface area contributed by atoms with Gasteiger partial charge in [0.1, 0.15) is 0 Å². The SMILES string of the molecule is COC(=O)/C(=C(/C(=O)OC)c1ccc(C(C)(C)C)cc1)c1ccc(C(C)(C)C)cc1. The Bertz CT molecular complexity index is 855. The fourth-order valence-corrected chi connectivity index (χ4v) is 3.21. The zero-order valence-corrected chi connectivity index (χ0v) is 19.3. The maximum absolute atomic E-state index is 12.8. The molecule has 30 heavy (non-hydrogen) atoms. The van der Waals surface area contributed by atoms with E-state index in [1.807, 2.05) is 48.5 Å². The van der Waals surface area contributed by atoms with Gasteiger partial charge in [0.05, 0.1) is 25.4 Å². The van der Waals surface area contributed by atoms with Crippen LogP contribution in [-0.4, -0.2) is 26.2 Å². The number of esters is 2. The molecule has 0 N–H and O–H groups in total. The van der Waals surface area contributed by atoms with Crippen LogP contribution in [0.1, 0.15) is 63.8 Å². The Morgan fingerprint density at radius 2 is 0.833 bits per heavy atom. The molecule has 0 fully saturated rings. The lowest BCUT2D eigenvalue weighted by molar-refractivity contribution is -0.135. The van der Waals surface area contributed by atoms with Crippen molar-refractivity contribution < 1.29 is 19.1 Å². The van der Waals surface area contributed by atoms with Crippen molar-refractivity contribution in [1.82, 2.24) is 0 Å². The van der Waals surface area contributed by atoms with Crippen LogP contribution in [0.4, 0.5) is 0 Å². The topological polar surface area (TPSA) is 52.6 Å². The number of hydrogen-bond acceptors (Lipinski definition) is 4. The van der Waals surface area contributed by atoms with Crippen molar-refractivity contribution in [3.05, 3.63) is 70.8 Å². The van der Waals surface area contributed by atoms with Crippen LogP contribution in [0.5, 0.6) is 0 Å². The van der Waals surface area contributed by atoms with Gasteiger partial charge in [-0.25, -0.2) is 9.59 Å². The van der Waals surface area contributed by atoms with Crippen LogP contribution in [-0.2, 0) is 29.9 Å². The summed E-state index contributed by atoms with van der Waals surface area (Å²) in [5.41, 5.74) is 3.80. The van der Waals surface area contributed by atoms with E-state index in [1.165, 1.54) is 14.2 Å². The Balaban J connectivity index is 2.73. The molecule has 4 heteroatoms. The molecule has 0 aliphatic carbocycles. The zero-order valence-electron chi connectivity index (χ0n) is 19.3. The zero-order chi connectivity index (χ0) is 22.7. The van der Waals surface area contributed by atoms with Crippen molar-refractivity contribution >= 4 is 23.1 Å². The lowest BCUT2D eigenvalue weighted by atomic mass is 9.84. The summed E-state index contributed by atoms with van der Waals surface area (Å²) in [6.45, 7) is 12.7. The number of methoxy groups -OCH3 is 2. The van der Waals surface area contributed by atoms with Crippen molar-refractivity contribution in [3.63, 3.8) is 0 Å². The van der Waals surface area contributed by atoms with Crippen molar-refractivity contribution in [1.29, 1.82) is 0 Å². The standard InChI is InChI=1S/C26H32O4/c1-25(2,3)19-13-9-17(10-14-19)21(23(27)29-7)22(24(28)30-8)18-11-15-20(16-12-18)26(4,5)6/h9-16H,1-8H3/b22-21+. The number of carbonyl (C=O) groups excluding carboxylic acids is 2. The summed E-state index contributed by atoms with van der Waals surface area (Å²) in [5, 5.41) is 0.